The topological polar surface area (TPSA) is 60.5 Å². The number of aromatic nitrogens is 1. The molecule has 1 N–H and O–H groups in total. The normalized spacial score (nSPS) is 13.0. The first kappa shape index (κ1) is 16.2. The molecule has 0 unspecified atom stereocenters. The SMILES string of the molecule is O=C(CCc1nc2ccccc2s1)Nc1cc2c(cc1Cl)OCCO2. The summed E-state index contributed by atoms with van der Waals surface area (Å²) in [5.41, 5.74) is 1.50. The molecule has 0 bridgehead atoms. The molecule has 3 aromatic rings. The molecule has 0 saturated heterocycles. The number of nitrogens with zero attached hydrogens (tertiary/aromatic N) is 1. The van der Waals surface area contributed by atoms with Gasteiger partial charge in [-0.1, -0.05) is 23.7 Å². The molecule has 0 aliphatic carbocycles. The number of aryl methyl sites for hydroxylation is 1. The Morgan fingerprint density at radius 3 is 2.76 bits per heavy atom. The van der Waals surface area contributed by atoms with E-state index < -0.39 is 0 Å². The number of nitrogens with one attached hydrogen (secondary N) is 1. The van der Waals surface area contributed by atoms with Gasteiger partial charge in [-0.05, 0) is 12.1 Å². The average Bonchev–Trinajstić information content (AvgIpc) is 3.03. The first-order chi connectivity index (χ1) is 12.2. The lowest BCUT2D eigenvalue weighted by atomic mass is 10.2. The molecule has 25 heavy (non-hydrogen) atoms. The summed E-state index contributed by atoms with van der Waals surface area (Å²) in [4.78, 5) is 16.8. The van der Waals surface area contributed by atoms with Crippen LogP contribution in [-0.2, 0) is 11.2 Å². The number of thiazole rings is 1. The van der Waals surface area contributed by atoms with E-state index in [1.165, 1.54) is 0 Å². The van der Waals surface area contributed by atoms with Gasteiger partial charge in [0.2, 0.25) is 5.91 Å². The van der Waals surface area contributed by atoms with Gasteiger partial charge in [-0.15, -0.1) is 11.3 Å². The van der Waals surface area contributed by atoms with Crippen molar-refractivity contribution >= 4 is 44.7 Å². The molecule has 2 aromatic carbocycles. The van der Waals surface area contributed by atoms with E-state index in [0.717, 1.165) is 15.2 Å². The molecule has 0 atom stereocenters. The van der Waals surface area contributed by atoms with Gasteiger partial charge in [-0.3, -0.25) is 4.79 Å². The number of amides is 1. The minimum absolute atomic E-state index is 0.113. The van der Waals surface area contributed by atoms with Gasteiger partial charge < -0.3 is 14.8 Å². The van der Waals surface area contributed by atoms with Crippen molar-refractivity contribution in [3.05, 3.63) is 46.4 Å². The highest BCUT2D eigenvalue weighted by molar-refractivity contribution is 7.18. The predicted molar refractivity (Wildman–Crippen MR) is 99.0 cm³/mol. The summed E-state index contributed by atoms with van der Waals surface area (Å²) in [6.45, 7) is 0.983. The number of rotatable bonds is 4. The van der Waals surface area contributed by atoms with Crippen molar-refractivity contribution < 1.29 is 14.3 Å². The Kier molecular flexibility index (Phi) is 4.46. The summed E-state index contributed by atoms with van der Waals surface area (Å²) in [7, 11) is 0. The lowest BCUT2D eigenvalue weighted by Gasteiger charge is -2.20. The largest absolute Gasteiger partial charge is 0.486 e. The van der Waals surface area contributed by atoms with Crippen molar-refractivity contribution in [1.29, 1.82) is 0 Å². The highest BCUT2D eigenvalue weighted by Crippen LogP contribution is 2.38. The molecule has 128 valence electrons. The van der Waals surface area contributed by atoms with Crippen LogP contribution in [0.5, 0.6) is 11.5 Å². The maximum atomic E-state index is 12.3. The maximum Gasteiger partial charge on any atom is 0.224 e. The first-order valence-electron chi connectivity index (χ1n) is 7.92. The van der Waals surface area contributed by atoms with Crippen molar-refractivity contribution in [2.45, 2.75) is 12.8 Å². The third kappa shape index (κ3) is 3.55. The fourth-order valence-electron chi connectivity index (χ4n) is 2.62. The lowest BCUT2D eigenvalue weighted by Crippen LogP contribution is -2.17. The van der Waals surface area contributed by atoms with Crippen LogP contribution < -0.4 is 14.8 Å². The number of carbonyl (C=O) groups excluding carboxylic acids is 1. The fourth-order valence-corrected chi connectivity index (χ4v) is 3.79. The molecule has 7 heteroatoms. The van der Waals surface area contributed by atoms with Crippen molar-refractivity contribution in [3.63, 3.8) is 0 Å². The van der Waals surface area contributed by atoms with Crippen LogP contribution in [-0.4, -0.2) is 24.1 Å². The van der Waals surface area contributed by atoms with Gasteiger partial charge in [0.15, 0.2) is 11.5 Å². The van der Waals surface area contributed by atoms with Crippen molar-refractivity contribution in [3.8, 4) is 11.5 Å². The van der Waals surface area contributed by atoms with Crippen LogP contribution in [0, 0.1) is 0 Å². The summed E-state index contributed by atoms with van der Waals surface area (Å²) < 4.78 is 12.1. The molecular formula is C18H15ClN2O3S. The summed E-state index contributed by atoms with van der Waals surface area (Å²) >= 11 is 7.83. The molecular weight excluding hydrogens is 360 g/mol. The number of para-hydroxylation sites is 1. The van der Waals surface area contributed by atoms with Crippen molar-refractivity contribution in [2.75, 3.05) is 18.5 Å². The van der Waals surface area contributed by atoms with Crippen LogP contribution in [0.1, 0.15) is 11.4 Å². The lowest BCUT2D eigenvalue weighted by molar-refractivity contribution is -0.116. The van der Waals surface area contributed by atoms with E-state index in [2.05, 4.69) is 10.3 Å². The second-order valence-electron chi connectivity index (χ2n) is 5.60. The highest BCUT2D eigenvalue weighted by Gasteiger charge is 2.16. The zero-order valence-electron chi connectivity index (χ0n) is 13.3. The quantitative estimate of drug-likeness (QED) is 0.740. The van der Waals surface area contributed by atoms with E-state index in [1.807, 2.05) is 24.3 Å². The molecule has 4 rings (SSSR count). The number of benzene rings is 2. The second kappa shape index (κ2) is 6.90. The molecule has 1 amide bonds. The Labute approximate surface area is 153 Å². The number of hydrogen-bond acceptors (Lipinski definition) is 5. The van der Waals surface area contributed by atoms with Crippen LogP contribution in [0.2, 0.25) is 5.02 Å². The molecule has 1 aliphatic heterocycles. The number of hydrogen-bond donors (Lipinski definition) is 1. The van der Waals surface area contributed by atoms with E-state index in [-0.39, 0.29) is 5.91 Å². The zero-order valence-corrected chi connectivity index (χ0v) is 14.8. The number of ether oxygens (including phenoxy) is 2. The second-order valence-corrected chi connectivity index (χ2v) is 7.12. The van der Waals surface area contributed by atoms with Crippen LogP contribution in [0.3, 0.4) is 0 Å². The number of halogens is 1. The van der Waals surface area contributed by atoms with E-state index in [9.17, 15) is 4.79 Å². The smallest absolute Gasteiger partial charge is 0.224 e. The van der Waals surface area contributed by atoms with Gasteiger partial charge in [-0.25, -0.2) is 4.98 Å². The minimum Gasteiger partial charge on any atom is -0.486 e. The fraction of sp³-hybridized carbons (Fsp3) is 0.222. The molecule has 0 fully saturated rings. The Balaban J connectivity index is 1.42. The van der Waals surface area contributed by atoms with Crippen LogP contribution in [0.25, 0.3) is 10.2 Å². The molecule has 0 radical (unpaired) electrons. The van der Waals surface area contributed by atoms with Gasteiger partial charge in [-0.2, -0.15) is 0 Å². The van der Waals surface area contributed by atoms with Gasteiger partial charge >= 0.3 is 0 Å². The third-order valence-electron chi connectivity index (χ3n) is 3.81. The Morgan fingerprint density at radius 2 is 1.96 bits per heavy atom. The Hall–Kier alpha value is -2.31. The third-order valence-corrected chi connectivity index (χ3v) is 5.22. The van der Waals surface area contributed by atoms with E-state index in [4.69, 9.17) is 21.1 Å². The van der Waals surface area contributed by atoms with Crippen LogP contribution in [0.4, 0.5) is 5.69 Å². The van der Waals surface area contributed by atoms with E-state index in [0.29, 0.717) is 48.3 Å². The zero-order chi connectivity index (χ0) is 17.2. The monoisotopic (exact) mass is 374 g/mol. The minimum atomic E-state index is -0.113. The Morgan fingerprint density at radius 1 is 1.20 bits per heavy atom. The number of fused-ring (bicyclic) bond motifs is 2. The Bertz CT molecular complexity index is 908. The molecule has 2 heterocycles. The van der Waals surface area contributed by atoms with E-state index >= 15 is 0 Å². The summed E-state index contributed by atoms with van der Waals surface area (Å²) in [6.07, 6.45) is 0.929. The number of carbonyl (C=O) groups is 1. The van der Waals surface area contributed by atoms with Gasteiger partial charge in [0.25, 0.3) is 0 Å². The molecule has 5 nitrogen and oxygen atoms in total. The summed E-state index contributed by atoms with van der Waals surface area (Å²) in [5.74, 6) is 1.08. The molecule has 0 spiro atoms. The standard InChI is InChI=1S/C18H15ClN2O3S/c19-11-9-14-15(24-8-7-23-14)10-13(11)20-17(22)5-6-18-21-12-3-1-2-4-16(12)25-18/h1-4,9-10H,5-8H2,(H,20,22). The van der Waals surface area contributed by atoms with Crippen LogP contribution >= 0.6 is 22.9 Å². The predicted octanol–water partition coefficient (Wildman–Crippen LogP) is 4.29. The number of anilines is 1. The summed E-state index contributed by atoms with van der Waals surface area (Å²) in [6, 6.07) is 11.3. The van der Waals surface area contributed by atoms with E-state index in [1.54, 1.807) is 23.5 Å². The first-order valence-corrected chi connectivity index (χ1v) is 9.12. The maximum absolute atomic E-state index is 12.3. The van der Waals surface area contributed by atoms with Gasteiger partial charge in [0, 0.05) is 25.0 Å². The van der Waals surface area contributed by atoms with Crippen LogP contribution in [0.15, 0.2) is 36.4 Å². The average molecular weight is 375 g/mol. The van der Waals surface area contributed by atoms with Crippen molar-refractivity contribution in [2.24, 2.45) is 0 Å². The highest BCUT2D eigenvalue weighted by atomic mass is 35.5. The molecule has 0 saturated carbocycles. The summed E-state index contributed by atoms with van der Waals surface area (Å²) in [5, 5.41) is 4.21. The van der Waals surface area contributed by atoms with Gasteiger partial charge in [0.05, 0.1) is 25.9 Å². The molecule has 1 aromatic heterocycles. The van der Waals surface area contributed by atoms with Gasteiger partial charge in [0.1, 0.15) is 13.2 Å². The van der Waals surface area contributed by atoms with Crippen molar-refractivity contribution in [1.82, 2.24) is 4.98 Å². The molecule has 1 aliphatic rings.